The number of aliphatic hydroxyl groups is 2. The smallest absolute Gasteiger partial charge is 0.127 e. The van der Waals surface area contributed by atoms with E-state index in [2.05, 4.69) is 0 Å². The minimum Gasteiger partial charge on any atom is -0.496 e. The molecule has 0 fully saturated rings. The van der Waals surface area contributed by atoms with Gasteiger partial charge in [-0.2, -0.15) is 0 Å². The van der Waals surface area contributed by atoms with Crippen molar-refractivity contribution in [1.82, 2.24) is 0 Å². The minimum atomic E-state index is 0.0303. The molecule has 1 aromatic carbocycles. The average Bonchev–Trinajstić information content (AvgIpc) is 2.26. The number of anilines is 1. The van der Waals surface area contributed by atoms with Gasteiger partial charge in [0.25, 0.3) is 0 Å². The molecule has 0 radical (unpaired) electrons. The van der Waals surface area contributed by atoms with Gasteiger partial charge in [0.05, 0.1) is 7.11 Å². The first-order chi connectivity index (χ1) is 7.65. The number of aliphatic hydroxyl groups excluding tert-OH is 2. The number of methoxy groups -OCH3 is 1. The number of benzene rings is 1. The van der Waals surface area contributed by atoms with Gasteiger partial charge in [0.2, 0.25) is 0 Å². The highest BCUT2D eigenvalue weighted by atomic mass is 16.5. The summed E-state index contributed by atoms with van der Waals surface area (Å²) in [6, 6.07) is 1.92. The van der Waals surface area contributed by atoms with Gasteiger partial charge in [-0.1, -0.05) is 6.07 Å². The zero-order valence-corrected chi connectivity index (χ0v) is 9.79. The molecule has 0 heterocycles. The molecule has 16 heavy (non-hydrogen) atoms. The van der Waals surface area contributed by atoms with Crippen LogP contribution >= 0.6 is 0 Å². The van der Waals surface area contributed by atoms with E-state index in [9.17, 15) is 0 Å². The fraction of sp³-hybridized carbons (Fsp3) is 0.500. The molecular formula is C12H19NO3. The first-order valence-corrected chi connectivity index (χ1v) is 5.32. The zero-order chi connectivity index (χ0) is 12.1. The second kappa shape index (κ2) is 5.72. The van der Waals surface area contributed by atoms with Crippen LogP contribution in [0, 0.1) is 6.92 Å². The monoisotopic (exact) mass is 225 g/mol. The lowest BCUT2D eigenvalue weighted by Gasteiger charge is -2.16. The van der Waals surface area contributed by atoms with Crippen molar-refractivity contribution >= 4 is 5.69 Å². The van der Waals surface area contributed by atoms with E-state index in [1.807, 2.05) is 13.0 Å². The fourth-order valence-electron chi connectivity index (χ4n) is 1.93. The van der Waals surface area contributed by atoms with Gasteiger partial charge >= 0.3 is 0 Å². The summed E-state index contributed by atoms with van der Waals surface area (Å²) >= 11 is 0. The normalized spacial score (nSPS) is 10.5. The van der Waals surface area contributed by atoms with Gasteiger partial charge in [-0.15, -0.1) is 0 Å². The number of ether oxygens (including phenoxy) is 1. The first kappa shape index (κ1) is 12.8. The maximum Gasteiger partial charge on any atom is 0.127 e. The molecule has 0 saturated heterocycles. The van der Waals surface area contributed by atoms with E-state index in [4.69, 9.17) is 20.7 Å². The Bertz CT molecular complexity index is 364. The lowest BCUT2D eigenvalue weighted by Crippen LogP contribution is -2.07. The highest BCUT2D eigenvalue weighted by Crippen LogP contribution is 2.32. The summed E-state index contributed by atoms with van der Waals surface area (Å²) in [4.78, 5) is 0. The van der Waals surface area contributed by atoms with E-state index in [0.29, 0.717) is 18.5 Å². The highest BCUT2D eigenvalue weighted by Gasteiger charge is 2.14. The number of hydrogen-bond donors (Lipinski definition) is 3. The maximum absolute atomic E-state index is 9.02. The molecule has 1 rings (SSSR count). The predicted molar refractivity (Wildman–Crippen MR) is 63.7 cm³/mol. The molecular weight excluding hydrogens is 206 g/mol. The third-order valence-electron chi connectivity index (χ3n) is 2.64. The van der Waals surface area contributed by atoms with Crippen molar-refractivity contribution in [1.29, 1.82) is 0 Å². The third kappa shape index (κ3) is 2.46. The van der Waals surface area contributed by atoms with Gasteiger partial charge in [0.15, 0.2) is 0 Å². The SMILES string of the molecule is COc1c(C)cc(CCO)c(N)c1CCO. The Labute approximate surface area is 95.7 Å². The van der Waals surface area contributed by atoms with E-state index in [1.165, 1.54) is 0 Å². The predicted octanol–water partition coefficient (Wildman–Crippen LogP) is 0.655. The zero-order valence-electron chi connectivity index (χ0n) is 9.79. The van der Waals surface area contributed by atoms with Crippen LogP contribution in [0.5, 0.6) is 5.75 Å². The molecule has 0 unspecified atom stereocenters. The van der Waals surface area contributed by atoms with Gasteiger partial charge in [0.1, 0.15) is 5.75 Å². The van der Waals surface area contributed by atoms with E-state index >= 15 is 0 Å². The second-order valence-electron chi connectivity index (χ2n) is 3.73. The Hall–Kier alpha value is -1.26. The molecule has 0 spiro atoms. The Morgan fingerprint density at radius 1 is 1.25 bits per heavy atom. The van der Waals surface area contributed by atoms with Crippen LogP contribution in [0.25, 0.3) is 0 Å². The average molecular weight is 225 g/mol. The molecule has 0 aliphatic heterocycles. The molecule has 0 bridgehead atoms. The second-order valence-corrected chi connectivity index (χ2v) is 3.73. The van der Waals surface area contributed by atoms with E-state index in [1.54, 1.807) is 7.11 Å². The van der Waals surface area contributed by atoms with Crippen LogP contribution in [0.1, 0.15) is 16.7 Å². The van der Waals surface area contributed by atoms with Crippen molar-refractivity contribution in [2.24, 2.45) is 0 Å². The standard InChI is InChI=1S/C12H19NO3/c1-8-7-9(3-5-14)11(13)10(4-6-15)12(8)16-2/h7,14-15H,3-6,13H2,1-2H3. The van der Waals surface area contributed by atoms with Gasteiger partial charge in [-0.3, -0.25) is 0 Å². The molecule has 0 aliphatic carbocycles. The van der Waals surface area contributed by atoms with Crippen molar-refractivity contribution in [3.8, 4) is 5.75 Å². The topological polar surface area (TPSA) is 75.7 Å². The quantitative estimate of drug-likeness (QED) is 0.643. The molecule has 0 amide bonds. The number of nitrogen functional groups attached to an aromatic ring is 1. The maximum atomic E-state index is 9.02. The Balaban J connectivity index is 3.27. The molecule has 0 saturated carbocycles. The number of rotatable bonds is 5. The van der Waals surface area contributed by atoms with Gasteiger partial charge in [-0.25, -0.2) is 0 Å². The molecule has 0 aliphatic rings. The van der Waals surface area contributed by atoms with E-state index in [-0.39, 0.29) is 13.2 Å². The summed E-state index contributed by atoms with van der Waals surface area (Å²) in [7, 11) is 1.59. The van der Waals surface area contributed by atoms with Crippen molar-refractivity contribution in [2.45, 2.75) is 19.8 Å². The largest absolute Gasteiger partial charge is 0.496 e. The lowest BCUT2D eigenvalue weighted by atomic mass is 9.98. The molecule has 1 aromatic rings. The summed E-state index contributed by atoms with van der Waals surface area (Å²) in [5.41, 5.74) is 9.32. The molecule has 4 N–H and O–H groups in total. The Kier molecular flexibility index (Phi) is 4.58. The minimum absolute atomic E-state index is 0.0303. The number of nitrogens with two attached hydrogens (primary N) is 1. The summed E-state index contributed by atoms with van der Waals surface area (Å²) in [5.74, 6) is 0.730. The van der Waals surface area contributed by atoms with Crippen molar-refractivity contribution in [3.63, 3.8) is 0 Å². The van der Waals surface area contributed by atoms with Gasteiger partial charge < -0.3 is 20.7 Å². The Morgan fingerprint density at radius 3 is 2.38 bits per heavy atom. The molecule has 0 atom stereocenters. The van der Waals surface area contributed by atoms with Crippen molar-refractivity contribution in [3.05, 3.63) is 22.8 Å². The Morgan fingerprint density at radius 2 is 1.88 bits per heavy atom. The molecule has 90 valence electrons. The van der Waals surface area contributed by atoms with Crippen LogP contribution in [-0.2, 0) is 12.8 Å². The van der Waals surface area contributed by atoms with Crippen LogP contribution in [0.3, 0.4) is 0 Å². The number of aryl methyl sites for hydroxylation is 1. The van der Waals surface area contributed by atoms with Crippen molar-refractivity contribution in [2.75, 3.05) is 26.1 Å². The summed E-state index contributed by atoms with van der Waals surface area (Å²) in [6.07, 6.45) is 0.990. The van der Waals surface area contributed by atoms with E-state index in [0.717, 1.165) is 22.4 Å². The molecule has 4 heteroatoms. The summed E-state index contributed by atoms with van der Waals surface area (Å²) in [5, 5.41) is 18.0. The van der Waals surface area contributed by atoms with Crippen LogP contribution in [0.2, 0.25) is 0 Å². The molecule has 0 aromatic heterocycles. The van der Waals surface area contributed by atoms with Gasteiger partial charge in [0, 0.05) is 30.9 Å². The van der Waals surface area contributed by atoms with Crippen LogP contribution in [0.15, 0.2) is 6.07 Å². The number of hydrogen-bond acceptors (Lipinski definition) is 4. The first-order valence-electron chi connectivity index (χ1n) is 5.32. The molecule has 4 nitrogen and oxygen atoms in total. The van der Waals surface area contributed by atoms with E-state index < -0.39 is 0 Å². The summed E-state index contributed by atoms with van der Waals surface area (Å²) < 4.78 is 5.29. The van der Waals surface area contributed by atoms with Crippen LogP contribution < -0.4 is 10.5 Å². The van der Waals surface area contributed by atoms with Gasteiger partial charge in [-0.05, 0) is 24.5 Å². The lowest BCUT2D eigenvalue weighted by molar-refractivity contribution is 0.296. The van der Waals surface area contributed by atoms with Crippen LogP contribution in [-0.4, -0.2) is 30.5 Å². The summed E-state index contributed by atoms with van der Waals surface area (Å²) in [6.45, 7) is 2.02. The van der Waals surface area contributed by atoms with Crippen LogP contribution in [0.4, 0.5) is 5.69 Å². The third-order valence-corrected chi connectivity index (χ3v) is 2.64. The highest BCUT2D eigenvalue weighted by molar-refractivity contribution is 5.62. The fourth-order valence-corrected chi connectivity index (χ4v) is 1.93. The van der Waals surface area contributed by atoms with Crippen molar-refractivity contribution < 1.29 is 14.9 Å².